The first-order valence-corrected chi connectivity index (χ1v) is 10.3. The van der Waals surface area contributed by atoms with Crippen molar-refractivity contribution in [3.63, 3.8) is 0 Å². The predicted octanol–water partition coefficient (Wildman–Crippen LogP) is 3.11. The Bertz CT molecular complexity index is 664. The zero-order valence-electron chi connectivity index (χ0n) is 17.5. The molecule has 0 saturated carbocycles. The number of amides is 2. The van der Waals surface area contributed by atoms with Gasteiger partial charge in [0.1, 0.15) is 0 Å². The second-order valence-electron chi connectivity index (χ2n) is 6.95. The van der Waals surface area contributed by atoms with Crippen LogP contribution in [0.1, 0.15) is 51.5 Å². The molecule has 8 heteroatoms. The average Bonchev–Trinajstić information content (AvgIpc) is 3.09. The molecule has 1 aliphatic rings. The standard InChI is InChI=1S/C21H33N5O2.HI/c1-3-7-19(27)25-18-11-9-17(10-12-18)16-24-21(22-4-2)23-13-6-15-26-14-5-8-20(26)28;/h9-12H,3-8,13-16H2,1-2H3,(H,25,27)(H2,22,23,24);1H. The van der Waals surface area contributed by atoms with Gasteiger partial charge in [0.05, 0.1) is 6.54 Å². The van der Waals surface area contributed by atoms with E-state index in [1.807, 2.05) is 43.0 Å². The highest BCUT2D eigenvalue weighted by Gasteiger charge is 2.18. The first-order valence-electron chi connectivity index (χ1n) is 10.3. The van der Waals surface area contributed by atoms with Crippen LogP contribution in [0.3, 0.4) is 0 Å². The van der Waals surface area contributed by atoms with Crippen LogP contribution in [0.4, 0.5) is 5.69 Å². The summed E-state index contributed by atoms with van der Waals surface area (Å²) in [5, 5.41) is 9.46. The molecular formula is C21H34IN5O2. The van der Waals surface area contributed by atoms with Gasteiger partial charge in [0.15, 0.2) is 5.96 Å². The Morgan fingerprint density at radius 3 is 2.55 bits per heavy atom. The van der Waals surface area contributed by atoms with E-state index in [9.17, 15) is 9.59 Å². The average molecular weight is 515 g/mol. The summed E-state index contributed by atoms with van der Waals surface area (Å²) in [7, 11) is 0. The van der Waals surface area contributed by atoms with Crippen molar-refractivity contribution >= 4 is 47.4 Å². The van der Waals surface area contributed by atoms with E-state index in [2.05, 4.69) is 20.9 Å². The molecule has 7 nitrogen and oxygen atoms in total. The van der Waals surface area contributed by atoms with Crippen LogP contribution in [0.2, 0.25) is 0 Å². The van der Waals surface area contributed by atoms with Crippen molar-refractivity contribution in [2.45, 2.75) is 52.5 Å². The molecule has 3 N–H and O–H groups in total. The Hall–Kier alpha value is -1.84. The van der Waals surface area contributed by atoms with Gasteiger partial charge in [0.2, 0.25) is 11.8 Å². The molecule has 0 radical (unpaired) electrons. The topological polar surface area (TPSA) is 85.8 Å². The second kappa shape index (κ2) is 14.2. The summed E-state index contributed by atoms with van der Waals surface area (Å²) < 4.78 is 0. The number of nitrogens with one attached hydrogen (secondary N) is 3. The van der Waals surface area contributed by atoms with Gasteiger partial charge in [-0.05, 0) is 43.9 Å². The summed E-state index contributed by atoms with van der Waals surface area (Å²) in [6.45, 7) is 7.84. The van der Waals surface area contributed by atoms with Crippen molar-refractivity contribution < 1.29 is 9.59 Å². The monoisotopic (exact) mass is 515 g/mol. The van der Waals surface area contributed by atoms with Crippen LogP contribution >= 0.6 is 24.0 Å². The van der Waals surface area contributed by atoms with E-state index >= 15 is 0 Å². The van der Waals surface area contributed by atoms with E-state index in [1.165, 1.54) is 0 Å². The molecular weight excluding hydrogens is 481 g/mol. The molecule has 1 heterocycles. The third-order valence-corrected chi connectivity index (χ3v) is 4.55. The molecule has 1 aromatic rings. The number of nitrogens with zero attached hydrogens (tertiary/aromatic N) is 2. The van der Waals surface area contributed by atoms with Gasteiger partial charge in [-0.3, -0.25) is 9.59 Å². The quantitative estimate of drug-likeness (QED) is 0.194. The predicted molar refractivity (Wildman–Crippen MR) is 129 cm³/mol. The molecule has 1 fully saturated rings. The van der Waals surface area contributed by atoms with Gasteiger partial charge in [-0.25, -0.2) is 4.99 Å². The normalized spacial score (nSPS) is 13.8. The first kappa shape index (κ1) is 25.2. The summed E-state index contributed by atoms with van der Waals surface area (Å²) in [5.74, 6) is 1.09. The van der Waals surface area contributed by atoms with Crippen LogP contribution in [0.25, 0.3) is 0 Å². The zero-order valence-corrected chi connectivity index (χ0v) is 19.8. The molecule has 162 valence electrons. The number of anilines is 1. The van der Waals surface area contributed by atoms with Gasteiger partial charge in [-0.2, -0.15) is 0 Å². The van der Waals surface area contributed by atoms with Crippen LogP contribution in [-0.2, 0) is 16.1 Å². The molecule has 29 heavy (non-hydrogen) atoms. The van der Waals surface area contributed by atoms with Crippen LogP contribution in [-0.4, -0.2) is 48.9 Å². The van der Waals surface area contributed by atoms with Crippen LogP contribution in [0.5, 0.6) is 0 Å². The molecule has 0 atom stereocenters. The summed E-state index contributed by atoms with van der Waals surface area (Å²) in [6, 6.07) is 7.78. The van der Waals surface area contributed by atoms with Crippen LogP contribution in [0.15, 0.2) is 29.3 Å². The summed E-state index contributed by atoms with van der Waals surface area (Å²) >= 11 is 0. The largest absolute Gasteiger partial charge is 0.357 e. The molecule has 2 rings (SSSR count). The minimum absolute atomic E-state index is 0. The minimum atomic E-state index is 0. The van der Waals surface area contributed by atoms with Crippen LogP contribution in [0, 0.1) is 0 Å². The third-order valence-electron chi connectivity index (χ3n) is 4.55. The van der Waals surface area contributed by atoms with E-state index in [1.54, 1.807) is 0 Å². The lowest BCUT2D eigenvalue weighted by molar-refractivity contribution is -0.127. The summed E-state index contributed by atoms with van der Waals surface area (Å²) in [4.78, 5) is 29.8. The Kier molecular flexibility index (Phi) is 12.3. The number of hydrogen-bond donors (Lipinski definition) is 3. The molecule has 0 aromatic heterocycles. The molecule has 1 aliphatic heterocycles. The lowest BCUT2D eigenvalue weighted by Gasteiger charge is -2.16. The van der Waals surface area contributed by atoms with Gasteiger partial charge in [-0.15, -0.1) is 24.0 Å². The summed E-state index contributed by atoms with van der Waals surface area (Å²) in [5.41, 5.74) is 1.89. The van der Waals surface area contributed by atoms with Gasteiger partial charge in [0.25, 0.3) is 0 Å². The fourth-order valence-electron chi connectivity index (χ4n) is 3.07. The van der Waals surface area contributed by atoms with E-state index < -0.39 is 0 Å². The van der Waals surface area contributed by atoms with Crippen molar-refractivity contribution in [2.24, 2.45) is 4.99 Å². The second-order valence-corrected chi connectivity index (χ2v) is 6.95. The minimum Gasteiger partial charge on any atom is -0.357 e. The number of carbonyl (C=O) groups excluding carboxylic acids is 2. The van der Waals surface area contributed by atoms with E-state index in [0.717, 1.165) is 62.7 Å². The number of halogens is 1. The highest BCUT2D eigenvalue weighted by Crippen LogP contribution is 2.11. The lowest BCUT2D eigenvalue weighted by Crippen LogP contribution is -2.39. The number of likely N-dealkylation sites (tertiary alicyclic amines) is 1. The highest BCUT2D eigenvalue weighted by molar-refractivity contribution is 14.0. The maximum absolute atomic E-state index is 11.6. The summed E-state index contributed by atoms with van der Waals surface area (Å²) in [6.07, 6.45) is 3.96. The first-order chi connectivity index (χ1) is 13.6. The molecule has 0 spiro atoms. The van der Waals surface area contributed by atoms with Gasteiger partial charge >= 0.3 is 0 Å². The van der Waals surface area contributed by atoms with Crippen molar-refractivity contribution in [2.75, 3.05) is 31.5 Å². The van der Waals surface area contributed by atoms with E-state index in [-0.39, 0.29) is 35.8 Å². The number of aliphatic imine (C=N–C) groups is 1. The van der Waals surface area contributed by atoms with E-state index in [4.69, 9.17) is 0 Å². The van der Waals surface area contributed by atoms with Crippen molar-refractivity contribution in [1.82, 2.24) is 15.5 Å². The van der Waals surface area contributed by atoms with Gasteiger partial charge in [0, 0.05) is 44.7 Å². The van der Waals surface area contributed by atoms with Crippen molar-refractivity contribution in [3.8, 4) is 0 Å². The molecule has 0 aliphatic carbocycles. The molecule has 0 unspecified atom stereocenters. The number of guanidine groups is 1. The smallest absolute Gasteiger partial charge is 0.224 e. The number of carbonyl (C=O) groups is 2. The Labute approximate surface area is 191 Å². The number of rotatable bonds is 10. The molecule has 1 aromatic carbocycles. The van der Waals surface area contributed by atoms with Crippen molar-refractivity contribution in [1.29, 1.82) is 0 Å². The molecule has 2 amide bonds. The maximum Gasteiger partial charge on any atom is 0.224 e. The zero-order chi connectivity index (χ0) is 20.2. The van der Waals surface area contributed by atoms with Gasteiger partial charge in [-0.1, -0.05) is 19.1 Å². The van der Waals surface area contributed by atoms with Crippen molar-refractivity contribution in [3.05, 3.63) is 29.8 Å². The fraction of sp³-hybridized carbons (Fsp3) is 0.571. The van der Waals surface area contributed by atoms with E-state index in [0.29, 0.717) is 19.4 Å². The Balaban J connectivity index is 0.00000420. The maximum atomic E-state index is 11.6. The molecule has 1 saturated heterocycles. The fourth-order valence-corrected chi connectivity index (χ4v) is 3.07. The third kappa shape index (κ3) is 9.47. The Morgan fingerprint density at radius 1 is 1.17 bits per heavy atom. The number of hydrogen-bond acceptors (Lipinski definition) is 3. The highest BCUT2D eigenvalue weighted by atomic mass is 127. The van der Waals surface area contributed by atoms with Crippen LogP contribution < -0.4 is 16.0 Å². The number of benzene rings is 1. The lowest BCUT2D eigenvalue weighted by atomic mass is 10.2. The van der Waals surface area contributed by atoms with Gasteiger partial charge < -0.3 is 20.9 Å². The Morgan fingerprint density at radius 2 is 1.93 bits per heavy atom. The SMILES string of the molecule is CCCC(=O)Nc1ccc(CN=C(NCC)NCCCN2CCCC2=O)cc1.I. The molecule has 0 bridgehead atoms.